The largest absolute Gasteiger partial charge is 0.478 e. The van der Waals surface area contributed by atoms with Crippen LogP contribution >= 0.6 is 0 Å². The maximum Gasteiger partial charge on any atom is 0.335 e. The van der Waals surface area contributed by atoms with Gasteiger partial charge >= 0.3 is 5.97 Å². The van der Waals surface area contributed by atoms with Crippen molar-refractivity contribution in [2.75, 3.05) is 5.32 Å². The molecule has 0 aliphatic heterocycles. The second-order valence-corrected chi connectivity index (χ2v) is 4.30. The molecular weight excluding hydrogens is 247 g/mol. The van der Waals surface area contributed by atoms with E-state index in [4.69, 9.17) is 5.11 Å². The van der Waals surface area contributed by atoms with Crippen LogP contribution in [0.2, 0.25) is 0 Å². The average Bonchev–Trinajstić information content (AvgIpc) is 2.32. The van der Waals surface area contributed by atoms with Gasteiger partial charge in [-0.25, -0.2) is 14.2 Å². The predicted octanol–water partition coefficient (Wildman–Crippen LogP) is 3.28. The number of rotatable bonds is 3. The minimum Gasteiger partial charge on any atom is -0.478 e. The molecule has 0 atom stereocenters. The van der Waals surface area contributed by atoms with Crippen LogP contribution in [-0.2, 0) is 0 Å². The molecule has 0 spiro atoms. The molecule has 0 radical (unpaired) electrons. The van der Waals surface area contributed by atoms with Gasteiger partial charge in [0.1, 0.15) is 11.6 Å². The van der Waals surface area contributed by atoms with Gasteiger partial charge in [0.05, 0.1) is 11.3 Å². The zero-order valence-corrected chi connectivity index (χ0v) is 10.6. The van der Waals surface area contributed by atoms with Gasteiger partial charge in [-0.05, 0) is 43.7 Å². The summed E-state index contributed by atoms with van der Waals surface area (Å²) in [7, 11) is 0. The molecule has 0 bridgehead atoms. The fourth-order valence-electron chi connectivity index (χ4n) is 1.72. The Labute approximate surface area is 109 Å². The van der Waals surface area contributed by atoms with Crippen molar-refractivity contribution in [1.29, 1.82) is 0 Å². The van der Waals surface area contributed by atoms with Crippen molar-refractivity contribution in [2.24, 2.45) is 0 Å². The molecule has 19 heavy (non-hydrogen) atoms. The van der Waals surface area contributed by atoms with E-state index in [1.165, 1.54) is 18.2 Å². The van der Waals surface area contributed by atoms with Gasteiger partial charge in [-0.15, -0.1) is 0 Å². The topological polar surface area (TPSA) is 62.2 Å². The van der Waals surface area contributed by atoms with Crippen LogP contribution in [0.15, 0.2) is 30.3 Å². The van der Waals surface area contributed by atoms with E-state index >= 15 is 0 Å². The molecule has 0 aliphatic carbocycles. The summed E-state index contributed by atoms with van der Waals surface area (Å²) in [5.74, 6) is -1.14. The van der Waals surface area contributed by atoms with Crippen molar-refractivity contribution in [3.05, 3.63) is 53.0 Å². The van der Waals surface area contributed by atoms with Crippen LogP contribution in [0.4, 0.5) is 15.9 Å². The number of aromatic nitrogens is 1. The Bertz CT molecular complexity index is 641. The van der Waals surface area contributed by atoms with Gasteiger partial charge in [0.25, 0.3) is 0 Å². The molecule has 2 aromatic rings. The molecule has 98 valence electrons. The second-order valence-electron chi connectivity index (χ2n) is 4.30. The summed E-state index contributed by atoms with van der Waals surface area (Å²) in [6.45, 7) is 3.48. The zero-order chi connectivity index (χ0) is 14.0. The third-order valence-corrected chi connectivity index (χ3v) is 2.59. The van der Waals surface area contributed by atoms with Crippen molar-refractivity contribution in [1.82, 2.24) is 4.98 Å². The fraction of sp³-hybridized carbons (Fsp3) is 0.143. The molecule has 0 saturated heterocycles. The summed E-state index contributed by atoms with van der Waals surface area (Å²) in [6.07, 6.45) is 0. The Morgan fingerprint density at radius 1 is 1.26 bits per heavy atom. The number of carbonyl (C=O) groups is 1. The van der Waals surface area contributed by atoms with Crippen LogP contribution in [-0.4, -0.2) is 16.1 Å². The first-order valence-corrected chi connectivity index (χ1v) is 5.71. The minimum atomic E-state index is -1.04. The van der Waals surface area contributed by atoms with Crippen molar-refractivity contribution in [2.45, 2.75) is 13.8 Å². The number of aromatic carboxylic acids is 1. The van der Waals surface area contributed by atoms with E-state index in [-0.39, 0.29) is 11.3 Å². The third kappa shape index (κ3) is 3.07. The van der Waals surface area contributed by atoms with E-state index in [1.807, 2.05) is 0 Å². The molecule has 2 N–H and O–H groups in total. The molecule has 2 rings (SSSR count). The Morgan fingerprint density at radius 2 is 2.00 bits per heavy atom. The molecule has 5 heteroatoms. The molecule has 0 fully saturated rings. The van der Waals surface area contributed by atoms with Gasteiger partial charge in [0.15, 0.2) is 0 Å². The lowest BCUT2D eigenvalue weighted by atomic mass is 10.2. The Hall–Kier alpha value is -2.43. The Balaban J connectivity index is 2.35. The molecular formula is C14H13FN2O2. The Morgan fingerprint density at radius 3 is 2.63 bits per heavy atom. The van der Waals surface area contributed by atoms with E-state index in [9.17, 15) is 9.18 Å². The lowest BCUT2D eigenvalue weighted by Crippen LogP contribution is -2.03. The highest BCUT2D eigenvalue weighted by Crippen LogP contribution is 2.20. The minimum absolute atomic E-state index is 0.113. The monoisotopic (exact) mass is 260 g/mol. The summed E-state index contributed by atoms with van der Waals surface area (Å²) in [5, 5.41) is 11.7. The Kier molecular flexibility index (Phi) is 3.46. The summed E-state index contributed by atoms with van der Waals surface area (Å²) in [6, 6.07) is 7.58. The van der Waals surface area contributed by atoms with Gasteiger partial charge in [0.2, 0.25) is 0 Å². The van der Waals surface area contributed by atoms with Crippen LogP contribution in [0.5, 0.6) is 0 Å². The van der Waals surface area contributed by atoms with Crippen LogP contribution in [0, 0.1) is 19.7 Å². The number of hydrogen-bond donors (Lipinski definition) is 2. The first-order valence-electron chi connectivity index (χ1n) is 5.71. The third-order valence-electron chi connectivity index (χ3n) is 2.59. The number of nitrogens with one attached hydrogen (secondary N) is 1. The summed E-state index contributed by atoms with van der Waals surface area (Å²) < 4.78 is 13.7. The number of pyridine rings is 1. The first-order chi connectivity index (χ1) is 8.95. The van der Waals surface area contributed by atoms with Crippen molar-refractivity contribution in [3.63, 3.8) is 0 Å². The number of anilines is 2. The highest BCUT2D eigenvalue weighted by Gasteiger charge is 2.08. The number of carboxylic acid groups (broad SMARTS) is 1. The molecule has 4 nitrogen and oxygen atoms in total. The van der Waals surface area contributed by atoms with Gasteiger partial charge in [0, 0.05) is 5.69 Å². The van der Waals surface area contributed by atoms with Crippen molar-refractivity contribution >= 4 is 17.5 Å². The van der Waals surface area contributed by atoms with Crippen molar-refractivity contribution in [3.8, 4) is 0 Å². The van der Waals surface area contributed by atoms with Crippen LogP contribution in [0.25, 0.3) is 0 Å². The number of aryl methyl sites for hydroxylation is 2. The molecule has 0 saturated carbocycles. The van der Waals surface area contributed by atoms with Gasteiger partial charge in [-0.1, -0.05) is 6.07 Å². The number of benzene rings is 1. The molecule has 0 amide bonds. The summed E-state index contributed by atoms with van der Waals surface area (Å²) in [4.78, 5) is 15.1. The molecule has 1 aromatic carbocycles. The van der Waals surface area contributed by atoms with Gasteiger partial charge in [-0.3, -0.25) is 0 Å². The normalized spacial score (nSPS) is 10.3. The summed E-state index contributed by atoms with van der Waals surface area (Å²) in [5.41, 5.74) is 1.74. The summed E-state index contributed by atoms with van der Waals surface area (Å²) >= 11 is 0. The highest BCUT2D eigenvalue weighted by molar-refractivity contribution is 5.88. The van der Waals surface area contributed by atoms with E-state index in [0.717, 1.165) is 5.56 Å². The van der Waals surface area contributed by atoms with E-state index in [1.54, 1.807) is 26.0 Å². The second kappa shape index (κ2) is 5.06. The van der Waals surface area contributed by atoms with Gasteiger partial charge in [-0.2, -0.15) is 0 Å². The van der Waals surface area contributed by atoms with Crippen LogP contribution < -0.4 is 5.32 Å². The molecule has 0 unspecified atom stereocenters. The number of halogens is 1. The number of hydrogen-bond acceptors (Lipinski definition) is 3. The molecule has 1 heterocycles. The van der Waals surface area contributed by atoms with Crippen LogP contribution in [0.3, 0.4) is 0 Å². The van der Waals surface area contributed by atoms with E-state index < -0.39 is 11.8 Å². The average molecular weight is 260 g/mol. The number of carboxylic acids is 1. The SMILES string of the molecule is Cc1ccc(Nc2cc(C(=O)O)cc(C)n2)c(F)c1. The van der Waals surface area contributed by atoms with E-state index in [2.05, 4.69) is 10.3 Å². The lowest BCUT2D eigenvalue weighted by Gasteiger charge is -2.09. The highest BCUT2D eigenvalue weighted by atomic mass is 19.1. The molecule has 0 aliphatic rings. The molecule has 1 aromatic heterocycles. The number of nitrogens with zero attached hydrogens (tertiary/aromatic N) is 1. The quantitative estimate of drug-likeness (QED) is 0.889. The standard InChI is InChI=1S/C14H13FN2O2/c1-8-3-4-12(11(15)5-8)17-13-7-10(14(18)19)6-9(2)16-13/h3-7H,1-2H3,(H,16,17)(H,18,19). The maximum atomic E-state index is 13.7. The van der Waals surface area contributed by atoms with E-state index in [0.29, 0.717) is 11.5 Å². The zero-order valence-electron chi connectivity index (χ0n) is 10.6. The van der Waals surface area contributed by atoms with Crippen molar-refractivity contribution < 1.29 is 14.3 Å². The van der Waals surface area contributed by atoms with Crippen LogP contribution in [0.1, 0.15) is 21.6 Å². The lowest BCUT2D eigenvalue weighted by molar-refractivity contribution is 0.0696. The maximum absolute atomic E-state index is 13.7. The smallest absolute Gasteiger partial charge is 0.335 e. The first kappa shape index (κ1) is 13.0. The fourth-order valence-corrected chi connectivity index (χ4v) is 1.72. The predicted molar refractivity (Wildman–Crippen MR) is 70.4 cm³/mol. The van der Waals surface area contributed by atoms with Gasteiger partial charge < -0.3 is 10.4 Å².